The molecule has 1 saturated carbocycles. The van der Waals surface area contributed by atoms with E-state index in [2.05, 4.69) is 26.7 Å². The fourth-order valence-corrected chi connectivity index (χ4v) is 3.70. The van der Waals surface area contributed by atoms with Gasteiger partial charge in [0, 0.05) is 22.4 Å². The van der Waals surface area contributed by atoms with Gasteiger partial charge in [0.2, 0.25) is 0 Å². The molecule has 1 amide bonds. The van der Waals surface area contributed by atoms with Gasteiger partial charge in [-0.2, -0.15) is 0 Å². The lowest BCUT2D eigenvalue weighted by molar-refractivity contribution is 0.0931. The predicted molar refractivity (Wildman–Crippen MR) is 122 cm³/mol. The molecule has 0 spiro atoms. The normalized spacial score (nSPS) is 14.2. The topological polar surface area (TPSA) is 79.0 Å². The molecule has 0 radical (unpaired) electrons. The van der Waals surface area contributed by atoms with Gasteiger partial charge in [-0.15, -0.1) is 9.24 Å². The van der Waals surface area contributed by atoms with Gasteiger partial charge < -0.3 is 11.1 Å². The van der Waals surface area contributed by atoms with Crippen LogP contribution >= 0.6 is 9.24 Å². The molecule has 2 unspecified atom stereocenters. The molecule has 3 aromatic carbocycles. The second-order valence-corrected chi connectivity index (χ2v) is 8.16. The van der Waals surface area contributed by atoms with Crippen LogP contribution in [-0.2, 0) is 0 Å². The van der Waals surface area contributed by atoms with Crippen molar-refractivity contribution in [3.63, 3.8) is 0 Å². The number of amides is 1. The van der Waals surface area contributed by atoms with Crippen molar-refractivity contribution in [2.75, 3.05) is 5.73 Å². The Bertz CT molecular complexity index is 1040. The van der Waals surface area contributed by atoms with Crippen LogP contribution in [0.2, 0.25) is 0 Å². The number of hydrogen-bond donors (Lipinski definition) is 3. The molecule has 0 heterocycles. The number of anilines is 1. The standard InChI is InChI=1S/C24H24N3OP/c25-21-13-10-18(14-20(21)22(26)15-8-11-19(29)12-9-15)24(28)27-23(17-6-7-17)16-4-2-1-3-5-16/h1-5,8-14,17,23,26H,6-7,25,29H2,(H,27,28). The van der Waals surface area contributed by atoms with Crippen LogP contribution in [-0.4, -0.2) is 11.6 Å². The third kappa shape index (κ3) is 4.38. The number of nitrogens with one attached hydrogen (secondary N) is 2. The Morgan fingerprint density at radius 1 is 1.00 bits per heavy atom. The Hall–Kier alpha value is -2.97. The van der Waals surface area contributed by atoms with Crippen molar-refractivity contribution >= 4 is 31.9 Å². The highest BCUT2D eigenvalue weighted by molar-refractivity contribution is 7.27. The Balaban J connectivity index is 1.58. The zero-order valence-corrected chi connectivity index (χ0v) is 17.2. The second kappa shape index (κ2) is 8.18. The Kier molecular flexibility index (Phi) is 5.46. The molecule has 1 aliphatic rings. The highest BCUT2D eigenvalue weighted by Crippen LogP contribution is 2.41. The average molecular weight is 401 g/mol. The van der Waals surface area contributed by atoms with E-state index in [1.165, 1.54) is 0 Å². The second-order valence-electron chi connectivity index (χ2n) is 7.50. The minimum Gasteiger partial charge on any atom is -0.398 e. The lowest BCUT2D eigenvalue weighted by Crippen LogP contribution is -2.30. The minimum atomic E-state index is -0.139. The number of hydrogen-bond acceptors (Lipinski definition) is 3. The molecule has 4 rings (SSSR count). The first kappa shape index (κ1) is 19.4. The number of carbonyl (C=O) groups is 1. The maximum atomic E-state index is 13.0. The smallest absolute Gasteiger partial charge is 0.251 e. The molecule has 3 aromatic rings. The van der Waals surface area contributed by atoms with Gasteiger partial charge in [-0.1, -0.05) is 54.6 Å². The van der Waals surface area contributed by atoms with Gasteiger partial charge in [0.15, 0.2) is 0 Å². The first-order valence-corrected chi connectivity index (χ1v) is 10.3. The lowest BCUT2D eigenvalue weighted by atomic mass is 9.98. The quantitative estimate of drug-likeness (QED) is 0.331. The number of benzene rings is 3. The van der Waals surface area contributed by atoms with E-state index in [9.17, 15) is 4.79 Å². The van der Waals surface area contributed by atoms with Crippen LogP contribution in [0.1, 0.15) is 45.9 Å². The van der Waals surface area contributed by atoms with Crippen molar-refractivity contribution in [2.45, 2.75) is 18.9 Å². The van der Waals surface area contributed by atoms with E-state index >= 15 is 0 Å². The van der Waals surface area contributed by atoms with Crippen LogP contribution in [0.15, 0.2) is 72.8 Å². The monoisotopic (exact) mass is 401 g/mol. The molecule has 0 aliphatic heterocycles. The molecule has 2 atom stereocenters. The minimum absolute atomic E-state index is 0.0127. The molecule has 1 fully saturated rings. The summed E-state index contributed by atoms with van der Waals surface area (Å²) in [5, 5.41) is 12.8. The number of rotatable bonds is 6. The number of carbonyl (C=O) groups excluding carboxylic acids is 1. The fourth-order valence-electron chi connectivity index (χ4n) is 3.51. The highest BCUT2D eigenvalue weighted by atomic mass is 31.0. The van der Waals surface area contributed by atoms with E-state index in [-0.39, 0.29) is 11.9 Å². The van der Waals surface area contributed by atoms with Crippen LogP contribution in [0.4, 0.5) is 5.69 Å². The van der Waals surface area contributed by atoms with Crippen molar-refractivity contribution in [3.05, 3.63) is 95.1 Å². The van der Waals surface area contributed by atoms with Crippen molar-refractivity contribution in [1.82, 2.24) is 5.32 Å². The van der Waals surface area contributed by atoms with E-state index in [4.69, 9.17) is 11.1 Å². The van der Waals surface area contributed by atoms with Crippen LogP contribution < -0.4 is 16.4 Å². The van der Waals surface area contributed by atoms with Gasteiger partial charge in [0.1, 0.15) is 0 Å². The molecule has 4 N–H and O–H groups in total. The summed E-state index contributed by atoms with van der Waals surface area (Å²) in [7, 11) is 2.63. The van der Waals surface area contributed by atoms with Crippen LogP contribution in [0.25, 0.3) is 0 Å². The number of nitrogen functional groups attached to an aromatic ring is 1. The van der Waals surface area contributed by atoms with Gasteiger partial charge in [-0.3, -0.25) is 10.2 Å². The van der Waals surface area contributed by atoms with Crippen molar-refractivity contribution in [2.24, 2.45) is 5.92 Å². The maximum absolute atomic E-state index is 13.0. The third-order valence-corrected chi connectivity index (χ3v) is 5.71. The zero-order chi connectivity index (χ0) is 20.4. The summed E-state index contributed by atoms with van der Waals surface area (Å²) in [6.45, 7) is 0. The molecule has 0 saturated heterocycles. The molecule has 1 aliphatic carbocycles. The Labute approximate surface area is 173 Å². The lowest BCUT2D eigenvalue weighted by Gasteiger charge is -2.19. The van der Waals surface area contributed by atoms with E-state index in [1.54, 1.807) is 18.2 Å². The Morgan fingerprint density at radius 2 is 1.66 bits per heavy atom. The summed E-state index contributed by atoms with van der Waals surface area (Å²) in [5.74, 6) is 0.346. The van der Waals surface area contributed by atoms with Crippen LogP contribution in [0, 0.1) is 11.3 Å². The molecular weight excluding hydrogens is 377 g/mol. The van der Waals surface area contributed by atoms with Crippen LogP contribution in [0.5, 0.6) is 0 Å². The molecular formula is C24H24N3OP. The Morgan fingerprint density at radius 3 is 2.31 bits per heavy atom. The highest BCUT2D eigenvalue weighted by Gasteiger charge is 2.33. The van der Waals surface area contributed by atoms with Gasteiger partial charge >= 0.3 is 0 Å². The first-order chi connectivity index (χ1) is 14.0. The van der Waals surface area contributed by atoms with Gasteiger partial charge in [0.05, 0.1) is 11.8 Å². The summed E-state index contributed by atoms with van der Waals surface area (Å²) >= 11 is 0. The molecule has 29 heavy (non-hydrogen) atoms. The van der Waals surface area contributed by atoms with Crippen molar-refractivity contribution in [1.29, 1.82) is 5.41 Å². The van der Waals surface area contributed by atoms with E-state index in [1.807, 2.05) is 42.5 Å². The summed E-state index contributed by atoms with van der Waals surface area (Å²) in [6.07, 6.45) is 2.26. The third-order valence-electron chi connectivity index (χ3n) is 5.32. The molecule has 5 heteroatoms. The molecule has 146 valence electrons. The van der Waals surface area contributed by atoms with Crippen molar-refractivity contribution < 1.29 is 4.79 Å². The summed E-state index contributed by atoms with van der Waals surface area (Å²) < 4.78 is 0. The summed E-state index contributed by atoms with van der Waals surface area (Å²) in [4.78, 5) is 13.0. The number of nitrogens with two attached hydrogens (primary N) is 1. The van der Waals surface area contributed by atoms with E-state index < -0.39 is 0 Å². The van der Waals surface area contributed by atoms with Crippen LogP contribution in [0.3, 0.4) is 0 Å². The van der Waals surface area contributed by atoms with Gasteiger partial charge in [-0.05, 0) is 47.8 Å². The first-order valence-electron chi connectivity index (χ1n) is 9.73. The fraction of sp³-hybridized carbons (Fsp3) is 0.167. The maximum Gasteiger partial charge on any atom is 0.251 e. The molecule has 0 aromatic heterocycles. The van der Waals surface area contributed by atoms with E-state index in [0.29, 0.717) is 28.4 Å². The SMILES string of the molecule is N=C(c1ccc(P)cc1)c1cc(C(=O)NC(c2ccccc2)C2CC2)ccc1N. The molecule has 0 bridgehead atoms. The average Bonchev–Trinajstić information content (AvgIpc) is 3.58. The zero-order valence-electron chi connectivity index (χ0n) is 16.1. The van der Waals surface area contributed by atoms with Crippen molar-refractivity contribution in [3.8, 4) is 0 Å². The summed E-state index contributed by atoms with van der Waals surface area (Å²) in [5.41, 5.74) is 9.91. The van der Waals surface area contributed by atoms with Gasteiger partial charge in [-0.25, -0.2) is 0 Å². The molecule has 4 nitrogen and oxygen atoms in total. The van der Waals surface area contributed by atoms with E-state index in [0.717, 1.165) is 29.3 Å². The predicted octanol–water partition coefficient (Wildman–Crippen LogP) is 4.07. The summed E-state index contributed by atoms with van der Waals surface area (Å²) in [6, 6.07) is 22.9. The largest absolute Gasteiger partial charge is 0.398 e. The van der Waals surface area contributed by atoms with Gasteiger partial charge in [0.25, 0.3) is 5.91 Å².